The van der Waals surface area contributed by atoms with Crippen molar-refractivity contribution in [1.29, 1.82) is 0 Å². The summed E-state index contributed by atoms with van der Waals surface area (Å²) in [6.45, 7) is 4.66. The molecule has 0 aliphatic heterocycles. The summed E-state index contributed by atoms with van der Waals surface area (Å²) in [6.07, 6.45) is 6.55. The molecule has 0 aromatic heterocycles. The van der Waals surface area contributed by atoms with Crippen molar-refractivity contribution in [3.63, 3.8) is 0 Å². The first kappa shape index (κ1) is 88.1. The van der Waals surface area contributed by atoms with Crippen LogP contribution in [0.2, 0.25) is 0 Å². The molecule has 6 aromatic carbocycles. The summed E-state index contributed by atoms with van der Waals surface area (Å²) < 4.78 is 39.1. The Balaban J connectivity index is 1.35. The quantitative estimate of drug-likeness (QED) is 0.0158. The molecule has 4 aliphatic rings. The number of hydrogen-bond acceptors (Lipinski definition) is 18. The minimum absolute atomic E-state index is 0.0267. The summed E-state index contributed by atoms with van der Waals surface area (Å²) in [4.78, 5) is 78.5. The van der Waals surface area contributed by atoms with Crippen molar-refractivity contribution in [3.05, 3.63) is 174 Å². The Morgan fingerprint density at radius 3 is 0.696 bits per heavy atom. The molecule has 0 amide bonds. The predicted octanol–water partition coefficient (Wildman–Crippen LogP) is 14.3. The lowest BCUT2D eigenvalue weighted by Gasteiger charge is -2.33. The number of aliphatic carboxylic acids is 6. The molecule has 0 heterocycles. The molecular weight excluding hydrogens is 1480 g/mol. The van der Waals surface area contributed by atoms with E-state index in [2.05, 4.69) is 24.3 Å². The van der Waals surface area contributed by atoms with Crippen LogP contribution in [0.25, 0.3) is 0 Å². The van der Waals surface area contributed by atoms with Gasteiger partial charge in [0.1, 0.15) is 34.5 Å². The van der Waals surface area contributed by atoms with Crippen molar-refractivity contribution in [1.82, 2.24) is 0 Å². The van der Waals surface area contributed by atoms with Gasteiger partial charge in [0.2, 0.25) is 0 Å². The molecule has 4 aliphatic carbocycles. The first-order chi connectivity index (χ1) is 55.4. The Morgan fingerprint density at radius 1 is 0.287 bits per heavy atom. The van der Waals surface area contributed by atoms with E-state index in [1.54, 1.807) is 24.3 Å². The second kappa shape index (κ2) is 42.0. The van der Waals surface area contributed by atoms with Crippen LogP contribution in [-0.4, -0.2) is 173 Å². The number of ether oxygens (including phenoxy) is 6. The number of rotatable bonds is 42. The third-order valence-electron chi connectivity index (χ3n) is 23.9. The van der Waals surface area contributed by atoms with Crippen molar-refractivity contribution in [2.75, 3.05) is 39.6 Å². The van der Waals surface area contributed by atoms with Gasteiger partial charge in [-0.2, -0.15) is 0 Å². The number of carbonyl (C=O) groups is 6. The van der Waals surface area contributed by atoms with Crippen LogP contribution in [0.1, 0.15) is 291 Å². The number of aliphatic hydroxyl groups excluding tert-OH is 6. The van der Waals surface area contributed by atoms with Crippen LogP contribution >= 0.6 is 0 Å². The second-order valence-electron chi connectivity index (χ2n) is 31.8. The minimum atomic E-state index is -1.54. The standard InChI is InChI=1S/C91H116O24/c1-52-41-80(112-76(31-37-94)88(102)103)68(56-17-9-5-10-18-56)48-64(52)84(65-49-69(57-19-11-6-12-20-57)81(42-53(65)2)113-77(32-38-95)89(104)105)72-46-62(110-74(29-35-92)86(98)99)27-25-60(72)45-61-26-28-63(111-75(30-36-93)87(100)101)47-73(61)85(66-50-70(58-21-13-7-14-22-58)82(43-54(66)3)114-78(33-39-96)90(106)107)67-51-71(59-23-15-8-16-24-59)83(44-55(67)4)115-79(34-40-97)91(108)109/h25-28,41-44,46-51,56-59,74-79,84-85,92-97H,5-24,29-40,45H2,1-4H3,(H,98,99)(H,100,101)(H,102,103)(H,104,105)(H,106,107)(H,108,109). The van der Waals surface area contributed by atoms with E-state index in [1.807, 2.05) is 64.1 Å². The zero-order chi connectivity index (χ0) is 82.6. The van der Waals surface area contributed by atoms with E-state index >= 15 is 0 Å². The first-order valence-corrected chi connectivity index (χ1v) is 41.2. The van der Waals surface area contributed by atoms with Crippen molar-refractivity contribution in [3.8, 4) is 34.5 Å². The topological polar surface area (TPSA) is 401 Å². The second-order valence-corrected chi connectivity index (χ2v) is 31.8. The molecule has 10 rings (SSSR count). The maximum absolute atomic E-state index is 13.2. The Kier molecular flexibility index (Phi) is 32.2. The highest BCUT2D eigenvalue weighted by Gasteiger charge is 2.38. The molecule has 115 heavy (non-hydrogen) atoms. The van der Waals surface area contributed by atoms with Crippen molar-refractivity contribution in [2.24, 2.45) is 0 Å². The monoisotopic (exact) mass is 1590 g/mol. The molecule has 6 atom stereocenters. The van der Waals surface area contributed by atoms with Crippen LogP contribution < -0.4 is 28.4 Å². The summed E-state index contributed by atoms with van der Waals surface area (Å²) in [5.74, 6) is -8.49. The van der Waals surface area contributed by atoms with Crippen LogP contribution in [0.5, 0.6) is 34.5 Å². The summed E-state index contributed by atoms with van der Waals surface area (Å²) >= 11 is 0. The van der Waals surface area contributed by atoms with Gasteiger partial charge in [-0.3, -0.25) is 0 Å². The van der Waals surface area contributed by atoms with E-state index in [0.717, 1.165) is 173 Å². The van der Waals surface area contributed by atoms with Gasteiger partial charge < -0.3 is 89.7 Å². The van der Waals surface area contributed by atoms with Gasteiger partial charge in [-0.15, -0.1) is 0 Å². The van der Waals surface area contributed by atoms with Gasteiger partial charge in [-0.1, -0.05) is 113 Å². The number of benzene rings is 6. The number of aryl methyl sites for hydroxylation is 4. The molecule has 0 bridgehead atoms. The van der Waals surface area contributed by atoms with Crippen molar-refractivity contribution in [2.45, 2.75) is 273 Å². The van der Waals surface area contributed by atoms with E-state index in [-0.39, 0.29) is 80.1 Å². The molecule has 24 nitrogen and oxygen atoms in total. The SMILES string of the molecule is Cc1cc(OC(CCO)C(=O)O)c(C2CCCCC2)cc1C(c1cc(C2CCCCC2)c(OC(CCO)C(=O)O)cc1C)c1cc(OC(CCO)C(=O)O)ccc1Cc1ccc(OC(CCO)C(=O)O)cc1C(c1cc(C2CCCCC2)c(OC(CCO)C(=O)O)cc1C)c1cc(C2CCCCC2)c(OC(CCO)C(=O)O)cc1C. The van der Waals surface area contributed by atoms with Crippen LogP contribution in [0, 0.1) is 27.7 Å². The molecule has 6 unspecified atom stereocenters. The molecule has 4 saturated carbocycles. The molecule has 624 valence electrons. The summed E-state index contributed by atoms with van der Waals surface area (Å²) in [5.41, 5.74) is 10.8. The number of carboxylic acids is 6. The zero-order valence-corrected chi connectivity index (χ0v) is 66.6. The Bertz CT molecular complexity index is 3850. The van der Waals surface area contributed by atoms with Gasteiger partial charge in [0.15, 0.2) is 36.6 Å². The third-order valence-corrected chi connectivity index (χ3v) is 23.9. The fourth-order valence-corrected chi connectivity index (χ4v) is 17.9. The minimum Gasteiger partial charge on any atom is -0.479 e. The average molecular weight is 1590 g/mol. The van der Waals surface area contributed by atoms with Crippen molar-refractivity contribution < 1.29 is 118 Å². The van der Waals surface area contributed by atoms with Gasteiger partial charge in [0.25, 0.3) is 0 Å². The molecule has 6 aromatic rings. The summed E-state index contributed by atoms with van der Waals surface area (Å²) in [7, 11) is 0. The number of aliphatic hydroxyl groups is 6. The lowest BCUT2D eigenvalue weighted by molar-refractivity contribution is -0.146. The normalized spacial score (nSPS) is 17.4. The highest BCUT2D eigenvalue weighted by Crippen LogP contribution is 2.52. The van der Waals surface area contributed by atoms with E-state index in [4.69, 9.17) is 28.4 Å². The van der Waals surface area contributed by atoms with Gasteiger partial charge in [0, 0.05) is 90.0 Å². The average Bonchev–Trinajstić information content (AvgIpc) is 0.747. The van der Waals surface area contributed by atoms with Crippen LogP contribution in [-0.2, 0) is 35.2 Å². The molecule has 0 radical (unpaired) electrons. The van der Waals surface area contributed by atoms with E-state index in [0.29, 0.717) is 67.5 Å². The van der Waals surface area contributed by atoms with Crippen molar-refractivity contribution >= 4 is 35.8 Å². The first-order valence-electron chi connectivity index (χ1n) is 41.2. The highest BCUT2D eigenvalue weighted by atomic mass is 16.5. The van der Waals surface area contributed by atoms with Gasteiger partial charge in [0.05, 0.1) is 0 Å². The number of hydrogen-bond donors (Lipinski definition) is 12. The fourth-order valence-electron chi connectivity index (χ4n) is 17.9. The Labute approximate surface area is 672 Å². The van der Waals surface area contributed by atoms with E-state index in [9.17, 15) is 90.0 Å². The summed E-state index contributed by atoms with van der Waals surface area (Å²) in [5, 5.41) is 126. The van der Waals surface area contributed by atoms with Crippen LogP contribution in [0.4, 0.5) is 0 Å². The smallest absolute Gasteiger partial charge is 0.344 e. The zero-order valence-electron chi connectivity index (χ0n) is 66.6. The van der Waals surface area contributed by atoms with E-state index in [1.165, 1.54) is 0 Å². The van der Waals surface area contributed by atoms with Crippen LogP contribution in [0.15, 0.2) is 84.9 Å². The molecule has 0 saturated heterocycles. The molecule has 12 N–H and O–H groups in total. The molecule has 24 heteroatoms. The third kappa shape index (κ3) is 22.3. The van der Waals surface area contributed by atoms with Gasteiger partial charge in [-0.25, -0.2) is 28.8 Å². The molecular formula is C91H116O24. The lowest BCUT2D eigenvalue weighted by atomic mass is 9.73. The maximum atomic E-state index is 13.2. The largest absolute Gasteiger partial charge is 0.479 e. The van der Waals surface area contributed by atoms with Gasteiger partial charge >= 0.3 is 35.8 Å². The molecule has 0 spiro atoms. The number of carboxylic acid groups (broad SMARTS) is 6. The fraction of sp³-hybridized carbons (Fsp3) is 0.538. The Hall–Kier alpha value is -9.30. The lowest BCUT2D eigenvalue weighted by Crippen LogP contribution is -2.29. The summed E-state index contributed by atoms with van der Waals surface area (Å²) in [6, 6.07) is 26.3. The highest BCUT2D eigenvalue weighted by molar-refractivity contribution is 5.76. The maximum Gasteiger partial charge on any atom is 0.344 e. The van der Waals surface area contributed by atoms with Gasteiger partial charge in [-0.05, 0) is 247 Å². The Morgan fingerprint density at radius 2 is 0.496 bits per heavy atom. The molecule has 4 fully saturated rings. The van der Waals surface area contributed by atoms with E-state index < -0.39 is 124 Å². The predicted molar refractivity (Wildman–Crippen MR) is 428 cm³/mol. The van der Waals surface area contributed by atoms with Crippen LogP contribution in [0.3, 0.4) is 0 Å².